The molecule has 3 nitrogen and oxygen atoms in total. The third kappa shape index (κ3) is 5.88. The third-order valence-electron chi connectivity index (χ3n) is 3.16. The van der Waals surface area contributed by atoms with Gasteiger partial charge in [0.1, 0.15) is 0 Å². The third-order valence-corrected chi connectivity index (χ3v) is 3.16. The lowest BCUT2D eigenvalue weighted by atomic mass is 9.86. The van der Waals surface area contributed by atoms with E-state index in [0.29, 0.717) is 19.5 Å². The Morgan fingerprint density at radius 1 is 1.21 bits per heavy atom. The predicted octanol–water partition coefficient (Wildman–Crippen LogP) is 2.38. The zero-order valence-corrected chi connectivity index (χ0v) is 12.3. The molecular formula is C16H26N2O. The fraction of sp³-hybridized carbons (Fsp3) is 0.562. The molecule has 0 aromatic heterocycles. The smallest absolute Gasteiger partial charge is 0.220 e. The van der Waals surface area contributed by atoms with Gasteiger partial charge in [-0.15, -0.1) is 0 Å². The van der Waals surface area contributed by atoms with Gasteiger partial charge in [-0.05, 0) is 35.9 Å². The molecule has 0 bridgehead atoms. The van der Waals surface area contributed by atoms with Gasteiger partial charge in [-0.1, -0.05) is 45.0 Å². The van der Waals surface area contributed by atoms with Crippen LogP contribution in [-0.2, 0) is 16.6 Å². The zero-order valence-electron chi connectivity index (χ0n) is 12.3. The molecule has 19 heavy (non-hydrogen) atoms. The minimum absolute atomic E-state index is 0.0942. The molecule has 1 aromatic carbocycles. The van der Waals surface area contributed by atoms with Gasteiger partial charge in [0.2, 0.25) is 5.91 Å². The molecule has 0 heterocycles. The molecule has 0 fully saturated rings. The molecule has 0 radical (unpaired) electrons. The van der Waals surface area contributed by atoms with E-state index in [1.807, 2.05) is 0 Å². The van der Waals surface area contributed by atoms with Crippen LogP contribution in [0.15, 0.2) is 24.3 Å². The number of carbonyl (C=O) groups excluding carboxylic acids is 1. The molecule has 0 saturated heterocycles. The van der Waals surface area contributed by atoms with Crippen LogP contribution in [-0.4, -0.2) is 19.0 Å². The average Bonchev–Trinajstić information content (AvgIpc) is 2.36. The number of nitrogens with one attached hydrogen (secondary N) is 1. The van der Waals surface area contributed by atoms with Crippen LogP contribution in [0.2, 0.25) is 0 Å². The number of benzene rings is 1. The summed E-state index contributed by atoms with van der Waals surface area (Å²) in [6.45, 7) is 7.89. The topological polar surface area (TPSA) is 55.1 Å². The number of amides is 1. The van der Waals surface area contributed by atoms with E-state index in [2.05, 4.69) is 50.4 Å². The van der Waals surface area contributed by atoms with Crippen molar-refractivity contribution < 1.29 is 4.79 Å². The molecule has 0 aliphatic rings. The number of rotatable bonds is 6. The van der Waals surface area contributed by atoms with E-state index in [-0.39, 0.29) is 11.3 Å². The van der Waals surface area contributed by atoms with Crippen LogP contribution in [0.25, 0.3) is 0 Å². The SMILES string of the molecule is CC(C)(C)c1ccc(CCNC(=O)CCCN)cc1. The fourth-order valence-electron chi connectivity index (χ4n) is 1.87. The molecule has 0 unspecified atom stereocenters. The van der Waals surface area contributed by atoms with Crippen molar-refractivity contribution in [3.8, 4) is 0 Å². The van der Waals surface area contributed by atoms with E-state index in [1.165, 1.54) is 11.1 Å². The summed E-state index contributed by atoms with van der Waals surface area (Å²) in [5.74, 6) is 0.0942. The normalized spacial score (nSPS) is 11.4. The molecule has 3 heteroatoms. The zero-order chi connectivity index (χ0) is 14.3. The van der Waals surface area contributed by atoms with Crippen molar-refractivity contribution in [1.29, 1.82) is 0 Å². The van der Waals surface area contributed by atoms with Crippen molar-refractivity contribution in [3.63, 3.8) is 0 Å². The van der Waals surface area contributed by atoms with Crippen molar-refractivity contribution in [2.75, 3.05) is 13.1 Å². The summed E-state index contributed by atoms with van der Waals surface area (Å²) >= 11 is 0. The molecule has 0 spiro atoms. The minimum atomic E-state index is 0.0942. The highest BCUT2D eigenvalue weighted by Gasteiger charge is 2.12. The van der Waals surface area contributed by atoms with Gasteiger partial charge in [0.25, 0.3) is 0 Å². The molecule has 3 N–H and O–H groups in total. The Hall–Kier alpha value is -1.35. The maximum Gasteiger partial charge on any atom is 0.220 e. The number of carbonyl (C=O) groups is 1. The molecule has 0 aliphatic carbocycles. The minimum Gasteiger partial charge on any atom is -0.356 e. The van der Waals surface area contributed by atoms with E-state index in [0.717, 1.165) is 12.8 Å². The first-order chi connectivity index (χ1) is 8.93. The van der Waals surface area contributed by atoms with E-state index in [9.17, 15) is 4.79 Å². The Balaban J connectivity index is 2.36. The van der Waals surface area contributed by atoms with Gasteiger partial charge in [-0.2, -0.15) is 0 Å². The quantitative estimate of drug-likeness (QED) is 0.827. The van der Waals surface area contributed by atoms with Gasteiger partial charge in [0.15, 0.2) is 0 Å². The van der Waals surface area contributed by atoms with Crippen molar-refractivity contribution in [3.05, 3.63) is 35.4 Å². The van der Waals surface area contributed by atoms with Gasteiger partial charge in [0.05, 0.1) is 0 Å². The van der Waals surface area contributed by atoms with Crippen molar-refractivity contribution in [2.45, 2.75) is 45.4 Å². The summed E-state index contributed by atoms with van der Waals surface area (Å²) < 4.78 is 0. The summed E-state index contributed by atoms with van der Waals surface area (Å²) in [6.07, 6.45) is 2.16. The maximum absolute atomic E-state index is 11.4. The number of nitrogens with two attached hydrogens (primary N) is 1. The van der Waals surface area contributed by atoms with Gasteiger partial charge >= 0.3 is 0 Å². The van der Waals surface area contributed by atoms with Crippen molar-refractivity contribution >= 4 is 5.91 Å². The second-order valence-corrected chi connectivity index (χ2v) is 5.94. The van der Waals surface area contributed by atoms with Crippen LogP contribution in [0.1, 0.15) is 44.7 Å². The molecule has 0 aliphatic heterocycles. The van der Waals surface area contributed by atoms with E-state index < -0.39 is 0 Å². The molecule has 106 valence electrons. The lowest BCUT2D eigenvalue weighted by Gasteiger charge is -2.19. The van der Waals surface area contributed by atoms with Gasteiger partial charge in [-0.25, -0.2) is 0 Å². The first-order valence-corrected chi connectivity index (χ1v) is 6.99. The maximum atomic E-state index is 11.4. The van der Waals surface area contributed by atoms with Gasteiger partial charge in [-0.3, -0.25) is 4.79 Å². The van der Waals surface area contributed by atoms with Crippen LogP contribution in [0, 0.1) is 0 Å². The lowest BCUT2D eigenvalue weighted by Crippen LogP contribution is -2.26. The molecular weight excluding hydrogens is 236 g/mol. The summed E-state index contributed by atoms with van der Waals surface area (Å²) in [7, 11) is 0. The highest BCUT2D eigenvalue weighted by Crippen LogP contribution is 2.22. The van der Waals surface area contributed by atoms with Crippen LogP contribution >= 0.6 is 0 Å². The first kappa shape index (κ1) is 15.7. The highest BCUT2D eigenvalue weighted by molar-refractivity contribution is 5.75. The van der Waals surface area contributed by atoms with E-state index in [1.54, 1.807) is 0 Å². The Morgan fingerprint density at radius 2 is 1.84 bits per heavy atom. The highest BCUT2D eigenvalue weighted by atomic mass is 16.1. The Morgan fingerprint density at radius 3 is 2.37 bits per heavy atom. The summed E-state index contributed by atoms with van der Waals surface area (Å²) in [4.78, 5) is 11.4. The number of hydrogen-bond donors (Lipinski definition) is 2. The molecule has 0 saturated carbocycles. The number of hydrogen-bond acceptors (Lipinski definition) is 2. The summed E-state index contributed by atoms with van der Waals surface area (Å²) in [5.41, 5.74) is 8.15. The molecule has 1 amide bonds. The standard InChI is InChI=1S/C16H26N2O/c1-16(2,3)14-8-6-13(7-9-14)10-12-18-15(19)5-4-11-17/h6-9H,4-5,10-12,17H2,1-3H3,(H,18,19). The second kappa shape index (κ2) is 7.29. The monoisotopic (exact) mass is 262 g/mol. The summed E-state index contributed by atoms with van der Waals surface area (Å²) in [6, 6.07) is 8.64. The first-order valence-electron chi connectivity index (χ1n) is 6.99. The summed E-state index contributed by atoms with van der Waals surface area (Å²) in [5, 5.41) is 2.92. The largest absolute Gasteiger partial charge is 0.356 e. The van der Waals surface area contributed by atoms with Crippen LogP contribution in [0.4, 0.5) is 0 Å². The van der Waals surface area contributed by atoms with Gasteiger partial charge in [0, 0.05) is 13.0 Å². The van der Waals surface area contributed by atoms with Crippen molar-refractivity contribution in [2.24, 2.45) is 5.73 Å². The lowest BCUT2D eigenvalue weighted by molar-refractivity contribution is -0.121. The average molecular weight is 262 g/mol. The second-order valence-electron chi connectivity index (χ2n) is 5.94. The fourth-order valence-corrected chi connectivity index (χ4v) is 1.87. The van der Waals surface area contributed by atoms with E-state index in [4.69, 9.17) is 5.73 Å². The molecule has 1 rings (SSSR count). The van der Waals surface area contributed by atoms with Crippen LogP contribution < -0.4 is 11.1 Å². The van der Waals surface area contributed by atoms with Crippen LogP contribution in [0.3, 0.4) is 0 Å². The Kier molecular flexibility index (Phi) is 6.03. The predicted molar refractivity (Wildman–Crippen MR) is 80.1 cm³/mol. The van der Waals surface area contributed by atoms with Gasteiger partial charge < -0.3 is 11.1 Å². The Labute approximate surface area is 116 Å². The van der Waals surface area contributed by atoms with E-state index >= 15 is 0 Å². The van der Waals surface area contributed by atoms with Crippen LogP contribution in [0.5, 0.6) is 0 Å². The Bertz CT molecular complexity index is 390. The van der Waals surface area contributed by atoms with Crippen molar-refractivity contribution in [1.82, 2.24) is 5.32 Å². The molecule has 0 atom stereocenters. The molecule has 1 aromatic rings.